The Hall–Kier alpha value is 0.936. The van der Waals surface area contributed by atoms with E-state index < -0.39 is 25.3 Å². The third-order valence-electron chi connectivity index (χ3n) is 0.621. The van der Waals surface area contributed by atoms with Crippen molar-refractivity contribution in [2.45, 2.75) is 6.41 Å². The van der Waals surface area contributed by atoms with Gasteiger partial charge >= 0.3 is 65.2 Å². The molecule has 0 saturated heterocycles. The SMILES string of the molecule is NC(=O)N(OP(=O)(O)O)C(O)O.[KH]. The van der Waals surface area contributed by atoms with Gasteiger partial charge in [0.2, 0.25) is 0 Å². The number of hydroxylamine groups is 2. The summed E-state index contributed by atoms with van der Waals surface area (Å²) in [6.45, 7) is 0. The number of nitrogens with two attached hydrogens (primary N) is 1. The molecular formula is C2H8KN2O7P. The second-order valence-electron chi connectivity index (χ2n) is 1.58. The summed E-state index contributed by atoms with van der Waals surface area (Å²) in [6.07, 6.45) is -2.53. The number of carbonyl (C=O) groups excluding carboxylic acids is 1. The van der Waals surface area contributed by atoms with E-state index in [0.717, 1.165) is 0 Å². The van der Waals surface area contributed by atoms with Crippen LogP contribution in [0.5, 0.6) is 0 Å². The molecule has 0 aliphatic heterocycles. The van der Waals surface area contributed by atoms with Crippen LogP contribution in [0.25, 0.3) is 0 Å². The Bertz CT molecular complexity index is 215. The number of primary amides is 1. The molecule has 0 radical (unpaired) electrons. The molecule has 0 aromatic heterocycles. The summed E-state index contributed by atoms with van der Waals surface area (Å²) in [4.78, 5) is 26.4. The zero-order valence-electron chi connectivity index (χ0n) is 5.56. The number of rotatable bonds is 3. The third-order valence-corrected chi connectivity index (χ3v) is 1.01. The third kappa shape index (κ3) is 7.97. The molecule has 0 unspecified atom stereocenters. The molecular weight excluding hydrogens is 234 g/mol. The van der Waals surface area contributed by atoms with Gasteiger partial charge in [0.25, 0.3) is 6.41 Å². The van der Waals surface area contributed by atoms with E-state index in [1.807, 2.05) is 0 Å². The molecule has 0 fully saturated rings. The van der Waals surface area contributed by atoms with E-state index in [4.69, 9.17) is 20.0 Å². The summed E-state index contributed by atoms with van der Waals surface area (Å²) >= 11 is 0. The number of amides is 2. The van der Waals surface area contributed by atoms with Gasteiger partial charge in [0, 0.05) is 0 Å². The first kappa shape index (κ1) is 16.4. The summed E-state index contributed by atoms with van der Waals surface area (Å²) in [5, 5.41) is 16.0. The van der Waals surface area contributed by atoms with Gasteiger partial charge in [-0.25, -0.2) is 9.36 Å². The van der Waals surface area contributed by atoms with Crippen LogP contribution in [0, 0.1) is 0 Å². The van der Waals surface area contributed by atoms with Crippen molar-refractivity contribution in [3.8, 4) is 0 Å². The molecule has 0 aliphatic rings. The number of phosphoric acid groups is 1. The molecule has 0 spiro atoms. The van der Waals surface area contributed by atoms with Gasteiger partial charge in [0.1, 0.15) is 0 Å². The topological polar surface area (TPSA) is 154 Å². The Morgan fingerprint density at radius 2 is 1.85 bits per heavy atom. The Morgan fingerprint density at radius 1 is 1.46 bits per heavy atom. The first-order valence-electron chi connectivity index (χ1n) is 2.44. The average molecular weight is 242 g/mol. The van der Waals surface area contributed by atoms with Gasteiger partial charge in [-0.3, -0.25) is 0 Å². The Kier molecular flexibility index (Phi) is 8.09. The molecule has 11 heteroatoms. The standard InChI is InChI=1S/C2H7N2O7P.K.H/c3-1(5)4(2(6)7)11-12(8,9)10;;/h2,6-7H,(H2,3,5)(H2,8,9,10);;. The monoisotopic (exact) mass is 242 g/mol. The van der Waals surface area contributed by atoms with Crippen molar-refractivity contribution in [1.29, 1.82) is 0 Å². The quantitative estimate of drug-likeness (QED) is 0.153. The average Bonchev–Trinajstić information content (AvgIpc) is 1.79. The molecule has 0 atom stereocenters. The van der Waals surface area contributed by atoms with Crippen LogP contribution in [0.15, 0.2) is 0 Å². The predicted molar refractivity (Wildman–Crippen MR) is 39.9 cm³/mol. The van der Waals surface area contributed by atoms with Gasteiger partial charge in [-0.05, 0) is 0 Å². The van der Waals surface area contributed by atoms with E-state index >= 15 is 0 Å². The van der Waals surface area contributed by atoms with E-state index in [-0.39, 0.29) is 51.4 Å². The van der Waals surface area contributed by atoms with Crippen LogP contribution in [-0.2, 0) is 9.19 Å². The summed E-state index contributed by atoms with van der Waals surface area (Å²) in [5.74, 6) is 0. The van der Waals surface area contributed by atoms with Crippen LogP contribution in [0.1, 0.15) is 0 Å². The van der Waals surface area contributed by atoms with E-state index in [9.17, 15) is 9.36 Å². The maximum atomic E-state index is 10.2. The van der Waals surface area contributed by atoms with Gasteiger partial charge in [-0.1, -0.05) is 0 Å². The number of hydrogen-bond acceptors (Lipinski definition) is 5. The van der Waals surface area contributed by atoms with Gasteiger partial charge in [-0.2, -0.15) is 4.62 Å². The van der Waals surface area contributed by atoms with Gasteiger partial charge in [-0.15, -0.1) is 5.06 Å². The normalized spacial score (nSPS) is 10.8. The molecule has 0 saturated carbocycles. The second-order valence-corrected chi connectivity index (χ2v) is 2.73. The maximum absolute atomic E-state index is 10.2. The summed E-state index contributed by atoms with van der Waals surface area (Å²) in [7, 11) is -5.02. The number of hydrogen-bond donors (Lipinski definition) is 5. The molecule has 0 aromatic rings. The molecule has 0 rings (SSSR count). The van der Waals surface area contributed by atoms with E-state index in [1.54, 1.807) is 0 Å². The molecule has 0 heterocycles. The fraction of sp³-hybridized carbons (Fsp3) is 0.500. The van der Waals surface area contributed by atoms with Crippen LogP contribution in [0.4, 0.5) is 4.79 Å². The van der Waals surface area contributed by atoms with Crippen molar-refractivity contribution >= 4 is 65.2 Å². The first-order valence-corrected chi connectivity index (χ1v) is 3.97. The van der Waals surface area contributed by atoms with Crippen molar-refractivity contribution in [1.82, 2.24) is 5.06 Å². The number of aliphatic hydroxyl groups is 2. The molecule has 0 aromatic carbocycles. The summed E-state index contributed by atoms with van der Waals surface area (Å²) in [5.41, 5.74) is 4.44. The van der Waals surface area contributed by atoms with Crippen molar-refractivity contribution < 1.29 is 34.0 Å². The van der Waals surface area contributed by atoms with E-state index in [2.05, 4.69) is 10.4 Å². The Morgan fingerprint density at radius 3 is 1.92 bits per heavy atom. The minimum absolute atomic E-state index is 0. The molecule has 2 amide bonds. The first-order chi connectivity index (χ1) is 5.24. The number of urea groups is 1. The summed E-state index contributed by atoms with van der Waals surface area (Å²) in [6, 6.07) is -1.55. The number of aliphatic hydroxyl groups excluding tert-OH is 1. The zero-order valence-corrected chi connectivity index (χ0v) is 6.46. The molecule has 74 valence electrons. The van der Waals surface area contributed by atoms with Crippen LogP contribution >= 0.6 is 7.82 Å². The Labute approximate surface area is 115 Å². The van der Waals surface area contributed by atoms with Crippen molar-refractivity contribution in [2.24, 2.45) is 5.73 Å². The van der Waals surface area contributed by atoms with Gasteiger partial charge in [0.15, 0.2) is 0 Å². The molecule has 0 aliphatic carbocycles. The minimum atomic E-state index is -5.02. The molecule has 6 N–H and O–H groups in total. The van der Waals surface area contributed by atoms with Gasteiger partial charge in [0.05, 0.1) is 0 Å². The fourth-order valence-electron chi connectivity index (χ4n) is 0.311. The van der Waals surface area contributed by atoms with Crippen LogP contribution in [-0.4, -0.2) is 88.9 Å². The Balaban J connectivity index is 0. The van der Waals surface area contributed by atoms with Crippen LogP contribution < -0.4 is 5.73 Å². The van der Waals surface area contributed by atoms with Crippen molar-refractivity contribution in [2.75, 3.05) is 0 Å². The molecule has 9 nitrogen and oxygen atoms in total. The second kappa shape index (κ2) is 6.43. The van der Waals surface area contributed by atoms with Gasteiger partial charge < -0.3 is 25.7 Å². The number of nitrogens with zero attached hydrogens (tertiary/aromatic N) is 1. The van der Waals surface area contributed by atoms with Crippen molar-refractivity contribution in [3.05, 3.63) is 0 Å². The number of carbonyl (C=O) groups is 1. The van der Waals surface area contributed by atoms with Crippen LogP contribution in [0.2, 0.25) is 0 Å². The van der Waals surface area contributed by atoms with E-state index in [1.165, 1.54) is 0 Å². The molecule has 13 heavy (non-hydrogen) atoms. The zero-order chi connectivity index (χ0) is 9.94. The van der Waals surface area contributed by atoms with Crippen molar-refractivity contribution in [3.63, 3.8) is 0 Å². The fourth-order valence-corrected chi connectivity index (χ4v) is 0.705. The van der Waals surface area contributed by atoms with E-state index in [0.29, 0.717) is 0 Å². The summed E-state index contributed by atoms with van der Waals surface area (Å²) < 4.78 is 13.5. The van der Waals surface area contributed by atoms with Crippen LogP contribution in [0.3, 0.4) is 0 Å². The molecule has 0 bridgehead atoms. The predicted octanol–water partition coefficient (Wildman–Crippen LogP) is -2.99.